The van der Waals surface area contributed by atoms with Gasteiger partial charge in [0.15, 0.2) is 0 Å². The van der Waals surface area contributed by atoms with Crippen LogP contribution in [0.25, 0.3) is 10.9 Å². The maximum absolute atomic E-state index is 13.1. The van der Waals surface area contributed by atoms with Gasteiger partial charge in [-0.1, -0.05) is 0 Å². The van der Waals surface area contributed by atoms with E-state index in [-0.39, 0.29) is 11.7 Å². The maximum atomic E-state index is 13.1. The van der Waals surface area contributed by atoms with Crippen molar-refractivity contribution in [1.29, 1.82) is 0 Å². The van der Waals surface area contributed by atoms with Gasteiger partial charge in [0.05, 0.1) is 12.6 Å². The van der Waals surface area contributed by atoms with Gasteiger partial charge in [-0.05, 0) is 30.3 Å². The predicted octanol–water partition coefficient (Wildman–Crippen LogP) is 3.33. The Kier molecular flexibility index (Phi) is 2.56. The highest BCUT2D eigenvalue weighted by Gasteiger charge is 2.12. The fraction of sp³-hybridized carbons (Fsp3) is 0.0769. The van der Waals surface area contributed by atoms with Crippen LogP contribution in [0.2, 0.25) is 0 Å². The Morgan fingerprint density at radius 2 is 2.11 bits per heavy atom. The lowest BCUT2D eigenvalue weighted by molar-refractivity contribution is -0.402. The van der Waals surface area contributed by atoms with Crippen molar-refractivity contribution in [3.63, 3.8) is 0 Å². The Labute approximate surface area is 107 Å². The molecule has 0 aliphatic heterocycles. The second kappa shape index (κ2) is 4.24. The summed E-state index contributed by atoms with van der Waals surface area (Å²) >= 11 is 0. The second-order valence-electron chi connectivity index (χ2n) is 4.14. The summed E-state index contributed by atoms with van der Waals surface area (Å²) in [5.41, 5.74) is 0.848. The standard InChI is InChI=1S/C13H9FN2O3/c14-10-1-3-12-9(7-10)5-6-15(12)8-11-2-4-13(19-11)16(17)18/h1-7H,8H2. The SMILES string of the molecule is O=[N+]([O-])c1ccc(Cn2ccc3cc(F)ccc32)o1. The van der Waals surface area contributed by atoms with Gasteiger partial charge in [-0.2, -0.15) is 0 Å². The number of hydrogen-bond donors (Lipinski definition) is 0. The molecule has 0 aliphatic carbocycles. The Morgan fingerprint density at radius 3 is 2.84 bits per heavy atom. The topological polar surface area (TPSA) is 61.2 Å². The summed E-state index contributed by atoms with van der Waals surface area (Å²) in [7, 11) is 0. The van der Waals surface area contributed by atoms with E-state index in [9.17, 15) is 14.5 Å². The van der Waals surface area contributed by atoms with Crippen molar-refractivity contribution in [1.82, 2.24) is 4.57 Å². The van der Waals surface area contributed by atoms with Gasteiger partial charge in [-0.15, -0.1) is 0 Å². The first-order valence-electron chi connectivity index (χ1n) is 5.61. The van der Waals surface area contributed by atoms with Gasteiger partial charge < -0.3 is 8.98 Å². The minimum Gasteiger partial charge on any atom is -0.404 e. The second-order valence-corrected chi connectivity index (χ2v) is 4.14. The number of halogens is 1. The number of rotatable bonds is 3. The number of nitrogens with zero attached hydrogens (tertiary/aromatic N) is 2. The molecule has 3 rings (SSSR count). The summed E-state index contributed by atoms with van der Waals surface area (Å²) in [6.45, 7) is 0.364. The number of benzene rings is 1. The van der Waals surface area contributed by atoms with Crippen LogP contribution in [-0.2, 0) is 6.54 Å². The van der Waals surface area contributed by atoms with E-state index in [0.29, 0.717) is 12.3 Å². The Hall–Kier alpha value is -2.63. The van der Waals surface area contributed by atoms with Crippen molar-refractivity contribution in [3.05, 3.63) is 64.3 Å². The Morgan fingerprint density at radius 1 is 1.26 bits per heavy atom. The number of fused-ring (bicyclic) bond motifs is 1. The third-order valence-electron chi connectivity index (χ3n) is 2.89. The van der Waals surface area contributed by atoms with Crippen molar-refractivity contribution in [3.8, 4) is 0 Å². The molecule has 6 heteroatoms. The molecule has 0 amide bonds. The quantitative estimate of drug-likeness (QED) is 0.536. The molecule has 0 saturated heterocycles. The van der Waals surface area contributed by atoms with Crippen molar-refractivity contribution < 1.29 is 13.7 Å². The van der Waals surface area contributed by atoms with Crippen LogP contribution in [0.15, 0.2) is 47.0 Å². The molecule has 2 aromatic heterocycles. The van der Waals surface area contributed by atoms with E-state index in [4.69, 9.17) is 4.42 Å². The fourth-order valence-corrected chi connectivity index (χ4v) is 2.03. The zero-order valence-corrected chi connectivity index (χ0v) is 9.75. The van der Waals surface area contributed by atoms with Gasteiger partial charge in [-0.25, -0.2) is 4.39 Å². The number of nitro groups is 1. The first-order valence-corrected chi connectivity index (χ1v) is 5.61. The summed E-state index contributed by atoms with van der Waals surface area (Å²) in [6.07, 6.45) is 1.79. The molecule has 1 aromatic carbocycles. The summed E-state index contributed by atoms with van der Waals surface area (Å²) in [5, 5.41) is 11.3. The van der Waals surface area contributed by atoms with Gasteiger partial charge >= 0.3 is 5.88 Å². The van der Waals surface area contributed by atoms with E-state index in [1.54, 1.807) is 24.4 Å². The van der Waals surface area contributed by atoms with Gasteiger partial charge in [0.2, 0.25) is 0 Å². The molecule has 96 valence electrons. The molecule has 0 atom stereocenters. The van der Waals surface area contributed by atoms with Crippen molar-refractivity contribution in [2.75, 3.05) is 0 Å². The average molecular weight is 260 g/mol. The molecule has 5 nitrogen and oxygen atoms in total. The van der Waals surface area contributed by atoms with Gasteiger partial charge in [-0.3, -0.25) is 10.1 Å². The number of hydrogen-bond acceptors (Lipinski definition) is 3. The third-order valence-corrected chi connectivity index (χ3v) is 2.89. The summed E-state index contributed by atoms with van der Waals surface area (Å²) in [4.78, 5) is 9.95. The van der Waals surface area contributed by atoms with Crippen LogP contribution < -0.4 is 0 Å². The highest BCUT2D eigenvalue weighted by atomic mass is 19.1. The summed E-state index contributed by atoms with van der Waals surface area (Å²) in [5.74, 6) is -0.0927. The molecule has 0 saturated carbocycles. The molecular weight excluding hydrogens is 251 g/mol. The molecule has 0 aliphatic rings. The van der Waals surface area contributed by atoms with Crippen LogP contribution in [0.4, 0.5) is 10.3 Å². The molecule has 19 heavy (non-hydrogen) atoms. The third kappa shape index (κ3) is 2.08. The zero-order valence-electron chi connectivity index (χ0n) is 9.75. The van der Waals surface area contributed by atoms with Crippen LogP contribution in [0.5, 0.6) is 0 Å². The van der Waals surface area contributed by atoms with Crippen molar-refractivity contribution >= 4 is 16.8 Å². The molecule has 0 radical (unpaired) electrons. The largest absolute Gasteiger partial charge is 0.433 e. The Balaban J connectivity index is 1.94. The lowest BCUT2D eigenvalue weighted by Crippen LogP contribution is -1.96. The monoisotopic (exact) mass is 260 g/mol. The molecule has 0 fully saturated rings. The van der Waals surface area contributed by atoms with E-state index in [0.717, 1.165) is 10.9 Å². The molecular formula is C13H9FN2O3. The first kappa shape index (κ1) is 11.5. The zero-order chi connectivity index (χ0) is 13.4. The van der Waals surface area contributed by atoms with Crippen LogP contribution in [0, 0.1) is 15.9 Å². The predicted molar refractivity (Wildman–Crippen MR) is 66.4 cm³/mol. The van der Waals surface area contributed by atoms with E-state index < -0.39 is 4.92 Å². The number of furan rings is 1. The van der Waals surface area contributed by atoms with Crippen LogP contribution >= 0.6 is 0 Å². The van der Waals surface area contributed by atoms with Crippen LogP contribution in [0.3, 0.4) is 0 Å². The van der Waals surface area contributed by atoms with Crippen molar-refractivity contribution in [2.24, 2.45) is 0 Å². The molecule has 0 N–H and O–H groups in total. The molecule has 2 heterocycles. The average Bonchev–Trinajstić information content (AvgIpc) is 2.97. The first-order chi connectivity index (χ1) is 9.13. The van der Waals surface area contributed by atoms with E-state index in [1.165, 1.54) is 18.2 Å². The van der Waals surface area contributed by atoms with Gasteiger partial charge in [0.1, 0.15) is 16.5 Å². The van der Waals surface area contributed by atoms with Crippen LogP contribution in [0.1, 0.15) is 5.76 Å². The van der Waals surface area contributed by atoms with E-state index in [2.05, 4.69) is 0 Å². The van der Waals surface area contributed by atoms with Gasteiger partial charge in [0.25, 0.3) is 0 Å². The highest BCUT2D eigenvalue weighted by molar-refractivity contribution is 5.80. The molecule has 3 aromatic rings. The van der Waals surface area contributed by atoms with E-state index in [1.807, 2.05) is 4.57 Å². The van der Waals surface area contributed by atoms with Crippen LogP contribution in [-0.4, -0.2) is 9.49 Å². The molecule has 0 spiro atoms. The highest BCUT2D eigenvalue weighted by Crippen LogP contribution is 2.21. The Bertz CT molecular complexity index is 760. The minimum atomic E-state index is -0.577. The summed E-state index contributed by atoms with van der Waals surface area (Å²) in [6, 6.07) is 9.16. The van der Waals surface area contributed by atoms with E-state index >= 15 is 0 Å². The normalized spacial score (nSPS) is 11.0. The smallest absolute Gasteiger partial charge is 0.404 e. The van der Waals surface area contributed by atoms with Gasteiger partial charge in [0, 0.05) is 17.1 Å². The lowest BCUT2D eigenvalue weighted by Gasteiger charge is -2.02. The summed E-state index contributed by atoms with van der Waals surface area (Å²) < 4.78 is 20.0. The maximum Gasteiger partial charge on any atom is 0.433 e. The fourth-order valence-electron chi connectivity index (χ4n) is 2.03. The van der Waals surface area contributed by atoms with Crippen molar-refractivity contribution in [2.45, 2.75) is 6.54 Å². The molecule has 0 unspecified atom stereocenters. The number of aromatic nitrogens is 1. The molecule has 0 bridgehead atoms. The lowest BCUT2D eigenvalue weighted by atomic mass is 10.2. The minimum absolute atomic E-state index is 0.280.